The average Bonchev–Trinajstić information content (AvgIpc) is 1.59. The largest absolute Gasteiger partial charge is 0.384 e. The van der Waals surface area contributed by atoms with Crippen molar-refractivity contribution in [2.24, 2.45) is 0 Å². The number of rotatable bonds is 0. The zero-order valence-electron chi connectivity index (χ0n) is 5.06. The summed E-state index contributed by atoms with van der Waals surface area (Å²) in [6, 6.07) is 2.52. The van der Waals surface area contributed by atoms with Crippen molar-refractivity contribution < 1.29 is 4.39 Å². The van der Waals surface area contributed by atoms with E-state index < -0.39 is 0 Å². The van der Waals surface area contributed by atoms with Crippen molar-refractivity contribution >= 4 is 5.82 Å². The Hall–Kier alpha value is -1.12. The maximum atomic E-state index is 12.3. The normalized spacial score (nSPS) is 9.56. The third-order valence-electron chi connectivity index (χ3n) is 0.938. The summed E-state index contributed by atoms with van der Waals surface area (Å²) >= 11 is 0. The molecule has 2 N–H and O–H groups in total. The first-order valence-electron chi connectivity index (χ1n) is 2.58. The van der Waals surface area contributed by atoms with Crippen LogP contribution in [0, 0.1) is 12.7 Å². The van der Waals surface area contributed by atoms with Crippen LogP contribution in [0.3, 0.4) is 0 Å². The molecule has 0 aliphatic heterocycles. The molecule has 48 valence electrons. The van der Waals surface area contributed by atoms with E-state index in [-0.39, 0.29) is 11.6 Å². The van der Waals surface area contributed by atoms with Crippen LogP contribution < -0.4 is 5.73 Å². The van der Waals surface area contributed by atoms with Crippen LogP contribution >= 0.6 is 0 Å². The fourth-order valence-corrected chi connectivity index (χ4v) is 0.651. The van der Waals surface area contributed by atoms with Crippen LogP contribution in [-0.4, -0.2) is 4.98 Å². The molecule has 1 heterocycles. The van der Waals surface area contributed by atoms with E-state index in [1.165, 1.54) is 12.1 Å². The first kappa shape index (κ1) is 6.01. The molecule has 0 radical (unpaired) electrons. The molecular weight excluding hydrogens is 119 g/mol. The van der Waals surface area contributed by atoms with Crippen LogP contribution in [0.4, 0.5) is 10.2 Å². The second-order valence-electron chi connectivity index (χ2n) is 1.85. The van der Waals surface area contributed by atoms with Crippen LogP contribution in [-0.2, 0) is 0 Å². The van der Waals surface area contributed by atoms with E-state index in [1.807, 2.05) is 0 Å². The van der Waals surface area contributed by atoms with Crippen LogP contribution in [0.2, 0.25) is 0 Å². The number of halogens is 1. The van der Waals surface area contributed by atoms with Gasteiger partial charge in [-0.3, -0.25) is 0 Å². The highest BCUT2D eigenvalue weighted by Crippen LogP contribution is 2.03. The standard InChI is InChI=1S/C6H7FN2/c1-4-2-5(7)3-6(8)9-4/h2-3H,1H3,(H2,8,9). The lowest BCUT2D eigenvalue weighted by molar-refractivity contribution is 0.625. The van der Waals surface area contributed by atoms with E-state index in [9.17, 15) is 4.39 Å². The summed E-state index contributed by atoms with van der Waals surface area (Å²) in [6.45, 7) is 1.69. The highest BCUT2D eigenvalue weighted by Gasteiger charge is 1.92. The Kier molecular flexibility index (Phi) is 1.34. The number of aryl methyl sites for hydroxylation is 1. The third-order valence-corrected chi connectivity index (χ3v) is 0.938. The second-order valence-corrected chi connectivity index (χ2v) is 1.85. The molecule has 1 aromatic rings. The number of nitrogen functional groups attached to an aromatic ring is 1. The van der Waals surface area contributed by atoms with Crippen molar-refractivity contribution in [1.82, 2.24) is 4.98 Å². The Morgan fingerprint density at radius 1 is 1.56 bits per heavy atom. The van der Waals surface area contributed by atoms with Gasteiger partial charge in [-0.25, -0.2) is 9.37 Å². The second kappa shape index (κ2) is 2.01. The zero-order valence-corrected chi connectivity index (χ0v) is 5.06. The Balaban J connectivity index is 3.17. The fraction of sp³-hybridized carbons (Fsp3) is 0.167. The molecule has 0 aromatic carbocycles. The Morgan fingerprint density at radius 2 is 2.22 bits per heavy atom. The number of nitrogens with zero attached hydrogens (tertiary/aromatic N) is 1. The van der Waals surface area contributed by atoms with Crippen molar-refractivity contribution in [3.63, 3.8) is 0 Å². The summed E-state index contributed by atoms with van der Waals surface area (Å²) in [5.74, 6) is -0.104. The maximum absolute atomic E-state index is 12.3. The van der Waals surface area contributed by atoms with Crippen molar-refractivity contribution in [1.29, 1.82) is 0 Å². The van der Waals surface area contributed by atoms with Crippen LogP contribution in [0.25, 0.3) is 0 Å². The molecule has 0 saturated carbocycles. The highest BCUT2D eigenvalue weighted by atomic mass is 19.1. The molecule has 9 heavy (non-hydrogen) atoms. The highest BCUT2D eigenvalue weighted by molar-refractivity contribution is 5.29. The summed E-state index contributed by atoms with van der Waals surface area (Å²) in [6.07, 6.45) is 0. The summed E-state index contributed by atoms with van der Waals surface area (Å²) < 4.78 is 12.3. The molecule has 0 aliphatic rings. The van der Waals surface area contributed by atoms with Gasteiger partial charge >= 0.3 is 0 Å². The number of pyridine rings is 1. The first-order valence-corrected chi connectivity index (χ1v) is 2.58. The van der Waals surface area contributed by atoms with Crippen molar-refractivity contribution in [3.05, 3.63) is 23.6 Å². The minimum Gasteiger partial charge on any atom is -0.384 e. The van der Waals surface area contributed by atoms with Gasteiger partial charge < -0.3 is 5.73 Å². The quantitative estimate of drug-likeness (QED) is 0.565. The molecule has 0 spiro atoms. The van der Waals surface area contributed by atoms with Gasteiger partial charge in [-0.2, -0.15) is 0 Å². The van der Waals surface area contributed by atoms with E-state index in [0.717, 1.165) is 0 Å². The predicted octanol–water partition coefficient (Wildman–Crippen LogP) is 1.11. The smallest absolute Gasteiger partial charge is 0.128 e. The number of hydrogen-bond donors (Lipinski definition) is 1. The lowest BCUT2D eigenvalue weighted by atomic mass is 10.3. The molecule has 0 unspecified atom stereocenters. The topological polar surface area (TPSA) is 38.9 Å². The molecule has 0 fully saturated rings. The number of nitrogens with two attached hydrogens (primary N) is 1. The molecule has 0 aliphatic carbocycles. The van der Waals surface area contributed by atoms with E-state index >= 15 is 0 Å². The van der Waals surface area contributed by atoms with E-state index in [1.54, 1.807) is 6.92 Å². The van der Waals surface area contributed by atoms with Gasteiger partial charge in [0.05, 0.1) is 0 Å². The summed E-state index contributed by atoms with van der Waals surface area (Å²) in [7, 11) is 0. The van der Waals surface area contributed by atoms with Crippen molar-refractivity contribution in [2.75, 3.05) is 5.73 Å². The molecule has 1 rings (SSSR count). The summed E-state index contributed by atoms with van der Waals surface area (Å²) in [5, 5.41) is 0. The monoisotopic (exact) mass is 126 g/mol. The molecular formula is C6H7FN2. The van der Waals surface area contributed by atoms with Gasteiger partial charge in [0, 0.05) is 11.8 Å². The van der Waals surface area contributed by atoms with E-state index in [0.29, 0.717) is 5.69 Å². The van der Waals surface area contributed by atoms with Gasteiger partial charge in [-0.05, 0) is 13.0 Å². The Labute approximate surface area is 52.5 Å². The van der Waals surface area contributed by atoms with Crippen LogP contribution in [0.1, 0.15) is 5.69 Å². The van der Waals surface area contributed by atoms with E-state index in [2.05, 4.69) is 4.98 Å². The summed E-state index contributed by atoms with van der Waals surface area (Å²) in [4.78, 5) is 3.77. The van der Waals surface area contributed by atoms with Gasteiger partial charge in [0.15, 0.2) is 0 Å². The van der Waals surface area contributed by atoms with E-state index in [4.69, 9.17) is 5.73 Å². The van der Waals surface area contributed by atoms with Crippen molar-refractivity contribution in [2.45, 2.75) is 6.92 Å². The lowest BCUT2D eigenvalue weighted by Crippen LogP contribution is -1.92. The third kappa shape index (κ3) is 1.38. The predicted molar refractivity (Wildman–Crippen MR) is 33.3 cm³/mol. The Morgan fingerprint density at radius 3 is 2.67 bits per heavy atom. The first-order chi connectivity index (χ1) is 4.18. The minimum absolute atomic E-state index is 0.229. The molecule has 2 nitrogen and oxygen atoms in total. The molecule has 0 bridgehead atoms. The van der Waals surface area contributed by atoms with Crippen molar-refractivity contribution in [3.8, 4) is 0 Å². The number of aromatic nitrogens is 1. The zero-order chi connectivity index (χ0) is 6.85. The Bertz CT molecular complexity index is 172. The number of anilines is 1. The van der Waals surface area contributed by atoms with Gasteiger partial charge in [0.25, 0.3) is 0 Å². The molecule has 0 saturated heterocycles. The molecule has 0 amide bonds. The maximum Gasteiger partial charge on any atom is 0.128 e. The van der Waals surface area contributed by atoms with Gasteiger partial charge in [0.2, 0.25) is 0 Å². The number of hydrogen-bond acceptors (Lipinski definition) is 2. The minimum atomic E-state index is -0.333. The van der Waals surface area contributed by atoms with Gasteiger partial charge in [-0.15, -0.1) is 0 Å². The molecule has 1 aromatic heterocycles. The van der Waals surface area contributed by atoms with Crippen LogP contribution in [0.15, 0.2) is 12.1 Å². The van der Waals surface area contributed by atoms with Gasteiger partial charge in [-0.1, -0.05) is 0 Å². The van der Waals surface area contributed by atoms with Crippen LogP contribution in [0.5, 0.6) is 0 Å². The fourth-order valence-electron chi connectivity index (χ4n) is 0.651. The average molecular weight is 126 g/mol. The molecule has 0 atom stereocenters. The lowest BCUT2D eigenvalue weighted by Gasteiger charge is -1.93. The SMILES string of the molecule is Cc1cc(F)cc(N)n1. The summed E-state index contributed by atoms with van der Waals surface area (Å²) in [5.41, 5.74) is 5.81. The molecule has 3 heteroatoms. The van der Waals surface area contributed by atoms with Gasteiger partial charge in [0.1, 0.15) is 11.6 Å².